The van der Waals surface area contributed by atoms with Gasteiger partial charge in [0.2, 0.25) is 0 Å². The molecule has 10 heteroatoms. The van der Waals surface area contributed by atoms with Gasteiger partial charge in [0.25, 0.3) is 5.69 Å². The number of non-ortho nitro benzene ring substituents is 1. The predicted octanol–water partition coefficient (Wildman–Crippen LogP) is 6.98. The van der Waals surface area contributed by atoms with Crippen molar-refractivity contribution in [2.45, 2.75) is 13.5 Å². The fourth-order valence-corrected chi connectivity index (χ4v) is 3.28. The predicted molar refractivity (Wildman–Crippen MR) is 128 cm³/mol. The van der Waals surface area contributed by atoms with Crippen molar-refractivity contribution >= 4 is 52.4 Å². The van der Waals surface area contributed by atoms with Gasteiger partial charge in [-0.05, 0) is 54.4 Å². The van der Waals surface area contributed by atoms with Gasteiger partial charge >= 0.3 is 0 Å². The zero-order chi connectivity index (χ0) is 23.1. The van der Waals surface area contributed by atoms with Gasteiger partial charge in [-0.2, -0.15) is 5.10 Å². The molecule has 166 valence electrons. The van der Waals surface area contributed by atoms with Crippen molar-refractivity contribution in [1.82, 2.24) is 0 Å². The van der Waals surface area contributed by atoms with E-state index in [0.717, 1.165) is 5.56 Å². The van der Waals surface area contributed by atoms with Crippen LogP contribution in [0.3, 0.4) is 0 Å². The highest BCUT2D eigenvalue weighted by atomic mass is 35.5. The molecule has 0 aliphatic heterocycles. The van der Waals surface area contributed by atoms with E-state index < -0.39 is 4.92 Å². The molecular formula is C22H18Cl3N3O4. The minimum atomic E-state index is -0.463. The molecule has 0 heterocycles. The third-order valence-corrected chi connectivity index (χ3v) is 5.20. The van der Waals surface area contributed by atoms with Crippen LogP contribution in [-0.4, -0.2) is 17.7 Å². The number of hydrogen-bond donors (Lipinski definition) is 1. The summed E-state index contributed by atoms with van der Waals surface area (Å²) in [4.78, 5) is 10.3. The molecule has 0 bridgehead atoms. The molecule has 7 nitrogen and oxygen atoms in total. The summed E-state index contributed by atoms with van der Waals surface area (Å²) >= 11 is 18.4. The second-order valence-electron chi connectivity index (χ2n) is 6.47. The monoisotopic (exact) mass is 493 g/mol. The Morgan fingerprint density at radius 1 is 1.00 bits per heavy atom. The Hall–Kier alpha value is -3.00. The highest BCUT2D eigenvalue weighted by molar-refractivity contribution is 6.42. The molecule has 0 atom stereocenters. The molecule has 0 unspecified atom stereocenters. The van der Waals surface area contributed by atoms with Crippen LogP contribution >= 0.6 is 34.8 Å². The van der Waals surface area contributed by atoms with Gasteiger partial charge in [-0.25, -0.2) is 0 Å². The number of anilines is 1. The molecule has 0 spiro atoms. The summed E-state index contributed by atoms with van der Waals surface area (Å²) in [7, 11) is 0. The van der Waals surface area contributed by atoms with Gasteiger partial charge in [0.1, 0.15) is 6.61 Å². The van der Waals surface area contributed by atoms with Crippen molar-refractivity contribution in [2.75, 3.05) is 12.0 Å². The lowest BCUT2D eigenvalue weighted by atomic mass is 10.2. The first kappa shape index (κ1) is 23.7. The number of ether oxygens (including phenoxy) is 2. The Balaban J connectivity index is 1.73. The van der Waals surface area contributed by atoms with Crippen molar-refractivity contribution < 1.29 is 14.4 Å². The number of rotatable bonds is 9. The van der Waals surface area contributed by atoms with Gasteiger partial charge in [0.15, 0.2) is 11.5 Å². The normalized spacial score (nSPS) is 10.9. The fourth-order valence-electron chi connectivity index (χ4n) is 2.69. The highest BCUT2D eigenvalue weighted by Crippen LogP contribution is 2.37. The second kappa shape index (κ2) is 11.0. The van der Waals surface area contributed by atoms with E-state index >= 15 is 0 Å². The Morgan fingerprint density at radius 3 is 2.41 bits per heavy atom. The highest BCUT2D eigenvalue weighted by Gasteiger charge is 2.13. The van der Waals surface area contributed by atoms with Gasteiger partial charge in [-0.15, -0.1) is 0 Å². The fraction of sp³-hybridized carbons (Fsp3) is 0.136. The number of nitro groups is 1. The van der Waals surface area contributed by atoms with Gasteiger partial charge in [-0.3, -0.25) is 15.5 Å². The summed E-state index contributed by atoms with van der Waals surface area (Å²) in [6.07, 6.45) is 1.55. The SMILES string of the molecule is CCOc1cc(/C=N/Nc2ccc([N+](=O)[O-])cc2)cc(Cl)c1OCc1ccc(Cl)c(Cl)c1. The number of nitro benzene ring substituents is 1. The minimum absolute atomic E-state index is 0.00382. The van der Waals surface area contributed by atoms with Gasteiger partial charge < -0.3 is 9.47 Å². The van der Waals surface area contributed by atoms with Crippen LogP contribution in [0.4, 0.5) is 11.4 Å². The third kappa shape index (κ3) is 6.26. The molecule has 0 amide bonds. The molecule has 3 rings (SSSR count). The molecule has 3 aromatic rings. The first-order chi connectivity index (χ1) is 15.4. The average molecular weight is 495 g/mol. The first-order valence-electron chi connectivity index (χ1n) is 9.44. The van der Waals surface area contributed by atoms with Crippen LogP contribution in [0.5, 0.6) is 11.5 Å². The molecule has 32 heavy (non-hydrogen) atoms. The number of nitrogens with one attached hydrogen (secondary N) is 1. The molecule has 0 aromatic heterocycles. The van der Waals surface area contributed by atoms with Crippen LogP contribution in [0.1, 0.15) is 18.1 Å². The average Bonchev–Trinajstić information content (AvgIpc) is 2.76. The lowest BCUT2D eigenvalue weighted by Gasteiger charge is -2.14. The van der Waals surface area contributed by atoms with E-state index in [1.54, 1.807) is 42.6 Å². The third-order valence-electron chi connectivity index (χ3n) is 4.18. The molecule has 0 fully saturated rings. The smallest absolute Gasteiger partial charge is 0.269 e. The van der Waals surface area contributed by atoms with E-state index in [-0.39, 0.29) is 12.3 Å². The Kier molecular flexibility index (Phi) is 8.16. The number of nitrogens with zero attached hydrogens (tertiary/aromatic N) is 2. The van der Waals surface area contributed by atoms with Crippen molar-refractivity contribution in [3.63, 3.8) is 0 Å². The Morgan fingerprint density at radius 2 is 1.75 bits per heavy atom. The molecular weight excluding hydrogens is 477 g/mol. The van der Waals surface area contributed by atoms with Crippen LogP contribution in [0.15, 0.2) is 59.7 Å². The van der Waals surface area contributed by atoms with E-state index in [2.05, 4.69) is 10.5 Å². The summed E-state index contributed by atoms with van der Waals surface area (Å²) < 4.78 is 11.6. The van der Waals surface area contributed by atoms with Crippen LogP contribution in [0.2, 0.25) is 15.1 Å². The standard InChI is InChI=1S/C22H18Cl3N3O4/c1-2-31-21-11-15(12-26-27-16-4-6-17(7-5-16)28(29)30)10-20(25)22(21)32-13-14-3-8-18(23)19(24)9-14/h3-12,27H,2,13H2,1H3/b26-12+. The van der Waals surface area contributed by atoms with Crippen molar-refractivity contribution in [3.05, 3.63) is 90.9 Å². The summed E-state index contributed by atoms with van der Waals surface area (Å²) in [6.45, 7) is 2.50. The zero-order valence-electron chi connectivity index (χ0n) is 16.8. The molecule has 1 N–H and O–H groups in total. The topological polar surface area (TPSA) is 86.0 Å². The minimum Gasteiger partial charge on any atom is -0.490 e. The van der Waals surface area contributed by atoms with E-state index in [1.807, 2.05) is 13.0 Å². The molecule has 0 radical (unpaired) electrons. The van der Waals surface area contributed by atoms with E-state index in [9.17, 15) is 10.1 Å². The first-order valence-corrected chi connectivity index (χ1v) is 10.6. The van der Waals surface area contributed by atoms with Crippen molar-refractivity contribution in [3.8, 4) is 11.5 Å². The van der Waals surface area contributed by atoms with Crippen LogP contribution in [-0.2, 0) is 6.61 Å². The molecule has 0 saturated heterocycles. The second-order valence-corrected chi connectivity index (χ2v) is 7.70. The quantitative estimate of drug-likeness (QED) is 0.197. The molecule has 0 aliphatic rings. The number of benzene rings is 3. The van der Waals surface area contributed by atoms with Gasteiger partial charge in [-0.1, -0.05) is 40.9 Å². The van der Waals surface area contributed by atoms with E-state index in [4.69, 9.17) is 44.3 Å². The van der Waals surface area contributed by atoms with E-state index in [0.29, 0.717) is 44.4 Å². The van der Waals surface area contributed by atoms with Crippen LogP contribution in [0, 0.1) is 10.1 Å². The Bertz CT molecular complexity index is 1140. The maximum Gasteiger partial charge on any atom is 0.269 e. The van der Waals surface area contributed by atoms with Crippen molar-refractivity contribution in [1.29, 1.82) is 0 Å². The summed E-state index contributed by atoms with van der Waals surface area (Å²) in [5, 5.41) is 16.1. The molecule has 3 aromatic carbocycles. The maximum absolute atomic E-state index is 10.7. The van der Waals surface area contributed by atoms with Crippen LogP contribution in [0.25, 0.3) is 0 Å². The van der Waals surface area contributed by atoms with Gasteiger partial charge in [0.05, 0.1) is 38.5 Å². The van der Waals surface area contributed by atoms with Gasteiger partial charge in [0, 0.05) is 12.1 Å². The summed E-state index contributed by atoms with van der Waals surface area (Å²) in [5.74, 6) is 0.872. The maximum atomic E-state index is 10.7. The number of halogens is 3. The Labute approximate surface area is 199 Å². The zero-order valence-corrected chi connectivity index (χ0v) is 19.1. The summed E-state index contributed by atoms with van der Waals surface area (Å²) in [6, 6.07) is 14.6. The van der Waals surface area contributed by atoms with E-state index in [1.165, 1.54) is 12.1 Å². The number of hydrazone groups is 1. The van der Waals surface area contributed by atoms with Crippen LogP contribution < -0.4 is 14.9 Å². The number of hydrogen-bond acceptors (Lipinski definition) is 6. The largest absolute Gasteiger partial charge is 0.490 e. The molecule has 0 aliphatic carbocycles. The summed E-state index contributed by atoms with van der Waals surface area (Å²) in [5.41, 5.74) is 4.92. The van der Waals surface area contributed by atoms with Crippen molar-refractivity contribution in [2.24, 2.45) is 5.10 Å². The lowest BCUT2D eigenvalue weighted by Crippen LogP contribution is -2.02. The lowest BCUT2D eigenvalue weighted by molar-refractivity contribution is -0.384. The molecule has 0 saturated carbocycles.